The van der Waals surface area contributed by atoms with Crippen LogP contribution in [0.2, 0.25) is 0 Å². The van der Waals surface area contributed by atoms with E-state index in [0.717, 1.165) is 74.6 Å². The number of aryl methyl sites for hydroxylation is 4. The second kappa shape index (κ2) is 22.6. The number of phenolic OH excluding ortho intramolecular Hbond substituents is 2. The van der Waals surface area contributed by atoms with Gasteiger partial charge in [0.25, 0.3) is 0 Å². The van der Waals surface area contributed by atoms with E-state index in [4.69, 9.17) is 29.8 Å². The van der Waals surface area contributed by atoms with Gasteiger partial charge in [0, 0.05) is 35.5 Å². The fourth-order valence-corrected chi connectivity index (χ4v) is 4.47. The molecule has 0 heterocycles. The summed E-state index contributed by atoms with van der Waals surface area (Å²) in [6.45, 7) is 15.0. The van der Waals surface area contributed by atoms with E-state index in [9.17, 15) is 10.2 Å². The summed E-state index contributed by atoms with van der Waals surface area (Å²) in [5.74, 6) is -0.333. The molecule has 0 amide bonds. The van der Waals surface area contributed by atoms with E-state index in [1.54, 1.807) is 12.4 Å². The summed E-state index contributed by atoms with van der Waals surface area (Å²) in [7, 11) is 0. The molecule has 0 atom stereocenters. The minimum atomic E-state index is -1.08. The van der Waals surface area contributed by atoms with Gasteiger partial charge in [0.15, 0.2) is 0 Å². The summed E-state index contributed by atoms with van der Waals surface area (Å²) in [6, 6.07) is 16.0. The van der Waals surface area contributed by atoms with Gasteiger partial charge in [-0.05, 0) is 111 Å². The summed E-state index contributed by atoms with van der Waals surface area (Å²) in [6.07, 6.45) is 9.17. The maximum Gasteiger partial charge on any atom is 2.00 e. The van der Waals surface area contributed by atoms with Gasteiger partial charge in [-0.25, -0.2) is 0 Å². The second-order valence-electron chi connectivity index (χ2n) is 11.9. The zero-order valence-corrected chi connectivity index (χ0v) is 30.0. The molecule has 3 aromatic rings. The number of phenols is 2. The number of rotatable bonds is 12. The number of aromatic hydroxyl groups is 2. The number of benzene rings is 3. The molecule has 0 spiro atoms. The quantitative estimate of drug-likeness (QED) is 0.210. The van der Waals surface area contributed by atoms with Crippen LogP contribution >= 0.6 is 0 Å². The third-order valence-corrected chi connectivity index (χ3v) is 6.91. The standard InChI is InChI=1S/C34H44N2O2.2C2H4O2.Co/c1-7-27-17-25(15-13-23(3)4)19-29(33(27)37)21-35-31-11-9-10-12-32(31)36-22-30-20-26(16-14-24(5)6)18-28(8-2)34(30)38;2*1-2(3)4;/h9-12,17-24,37-38H,7-8,13-16H2,1-6H3;2*1H3,(H,3,4);/q;;;+2/p-2. The fourth-order valence-electron chi connectivity index (χ4n) is 4.47. The molecule has 0 aliphatic rings. The largest absolute Gasteiger partial charge is 2.00 e. The number of carbonyl (C=O) groups is 2. The van der Waals surface area contributed by atoms with Crippen LogP contribution in [0.25, 0.3) is 0 Å². The Hall–Kier alpha value is -3.95. The molecule has 257 valence electrons. The predicted octanol–water partition coefficient (Wildman–Crippen LogP) is 6.41. The molecule has 0 unspecified atom stereocenters. The fraction of sp³-hybridized carbons (Fsp3) is 0.421. The van der Waals surface area contributed by atoms with Crippen LogP contribution in [0.5, 0.6) is 11.5 Å². The molecular formula is C38H50CoN2O6. The van der Waals surface area contributed by atoms with Crippen molar-refractivity contribution in [2.24, 2.45) is 21.8 Å². The first-order chi connectivity index (χ1) is 21.7. The first kappa shape index (κ1) is 43.0. The van der Waals surface area contributed by atoms with Gasteiger partial charge in [0.2, 0.25) is 0 Å². The van der Waals surface area contributed by atoms with Gasteiger partial charge in [-0.2, -0.15) is 0 Å². The summed E-state index contributed by atoms with van der Waals surface area (Å²) in [5, 5.41) is 39.4. The van der Waals surface area contributed by atoms with E-state index in [1.165, 1.54) is 11.1 Å². The molecule has 9 heteroatoms. The molecule has 2 N–H and O–H groups in total. The van der Waals surface area contributed by atoms with Gasteiger partial charge in [-0.1, -0.05) is 65.8 Å². The third kappa shape index (κ3) is 17.0. The third-order valence-electron chi connectivity index (χ3n) is 6.91. The van der Waals surface area contributed by atoms with E-state index in [0.29, 0.717) is 34.7 Å². The van der Waals surface area contributed by atoms with Crippen LogP contribution in [-0.4, -0.2) is 34.6 Å². The smallest absolute Gasteiger partial charge is 0.550 e. The SMILES string of the molecule is CC(=O)[O-].CC(=O)[O-].CCc1cc(CCC(C)C)cc(C=Nc2ccccc2N=Cc2cc(CCC(C)C)cc(CC)c2O)c1O.[Co+2]. The van der Waals surface area contributed by atoms with Crippen LogP contribution in [0.15, 0.2) is 58.5 Å². The number of aliphatic imine (C=N–C) groups is 2. The van der Waals surface area contributed by atoms with Crippen LogP contribution in [0.3, 0.4) is 0 Å². The van der Waals surface area contributed by atoms with Crippen molar-refractivity contribution < 1.29 is 46.8 Å². The number of carboxylic acid groups (broad SMARTS) is 2. The van der Waals surface area contributed by atoms with E-state index in [1.807, 2.05) is 36.4 Å². The zero-order valence-electron chi connectivity index (χ0n) is 28.9. The number of carboxylic acids is 2. The Bertz CT molecular complexity index is 1360. The van der Waals surface area contributed by atoms with Crippen LogP contribution in [0.4, 0.5) is 11.4 Å². The molecule has 0 aliphatic heterocycles. The normalized spacial score (nSPS) is 10.8. The number of para-hydroxylation sites is 2. The number of aliphatic carboxylic acids is 2. The maximum atomic E-state index is 10.8. The molecular weight excluding hydrogens is 639 g/mol. The van der Waals surface area contributed by atoms with Gasteiger partial charge in [-0.15, -0.1) is 0 Å². The van der Waals surface area contributed by atoms with E-state index in [-0.39, 0.29) is 16.8 Å². The van der Waals surface area contributed by atoms with E-state index < -0.39 is 11.9 Å². The zero-order chi connectivity index (χ0) is 34.8. The van der Waals surface area contributed by atoms with Crippen molar-refractivity contribution in [1.82, 2.24) is 0 Å². The van der Waals surface area contributed by atoms with Gasteiger partial charge in [-0.3, -0.25) is 9.98 Å². The average molecular weight is 690 g/mol. The predicted molar refractivity (Wildman–Crippen MR) is 184 cm³/mol. The van der Waals surface area contributed by atoms with E-state index in [2.05, 4.69) is 53.7 Å². The average Bonchev–Trinajstić information content (AvgIpc) is 2.98. The molecule has 0 aromatic heterocycles. The van der Waals surface area contributed by atoms with Gasteiger partial charge in [0.1, 0.15) is 11.5 Å². The van der Waals surface area contributed by atoms with Gasteiger partial charge >= 0.3 is 16.8 Å². The summed E-state index contributed by atoms with van der Waals surface area (Å²) >= 11 is 0. The minimum absolute atomic E-state index is 0. The molecule has 47 heavy (non-hydrogen) atoms. The Balaban J connectivity index is 0.00000211. The molecule has 0 saturated heterocycles. The Morgan fingerprint density at radius 3 is 1.30 bits per heavy atom. The van der Waals surface area contributed by atoms with Crippen LogP contribution < -0.4 is 10.2 Å². The van der Waals surface area contributed by atoms with Crippen LogP contribution in [0.1, 0.15) is 102 Å². The summed E-state index contributed by atoms with van der Waals surface area (Å²) in [4.78, 5) is 27.2. The van der Waals surface area contributed by atoms with Crippen molar-refractivity contribution in [3.63, 3.8) is 0 Å². The Morgan fingerprint density at radius 2 is 1.02 bits per heavy atom. The molecule has 1 radical (unpaired) electrons. The number of hydrogen-bond acceptors (Lipinski definition) is 8. The van der Waals surface area contributed by atoms with Crippen molar-refractivity contribution in [2.45, 2.75) is 93.9 Å². The molecule has 3 rings (SSSR count). The first-order valence-electron chi connectivity index (χ1n) is 15.9. The monoisotopic (exact) mass is 689 g/mol. The molecule has 0 saturated carbocycles. The number of hydrogen-bond donors (Lipinski definition) is 2. The summed E-state index contributed by atoms with van der Waals surface area (Å²) < 4.78 is 0. The first-order valence-corrected chi connectivity index (χ1v) is 15.9. The second-order valence-corrected chi connectivity index (χ2v) is 11.9. The van der Waals surface area contributed by atoms with Crippen molar-refractivity contribution in [3.05, 3.63) is 81.9 Å². The number of carbonyl (C=O) groups excluding carboxylic acids is 2. The van der Waals surface area contributed by atoms with Crippen LogP contribution in [0, 0.1) is 11.8 Å². The Morgan fingerprint density at radius 1 is 0.702 bits per heavy atom. The maximum absolute atomic E-state index is 10.8. The van der Waals surface area contributed by atoms with E-state index >= 15 is 0 Å². The Kier molecular flexibility index (Phi) is 20.7. The topological polar surface area (TPSA) is 145 Å². The number of nitrogens with zero attached hydrogens (tertiary/aromatic N) is 2. The molecule has 8 nitrogen and oxygen atoms in total. The van der Waals surface area contributed by atoms with Crippen molar-refractivity contribution >= 4 is 35.7 Å². The van der Waals surface area contributed by atoms with Crippen molar-refractivity contribution in [1.29, 1.82) is 0 Å². The van der Waals surface area contributed by atoms with Crippen molar-refractivity contribution in [2.75, 3.05) is 0 Å². The van der Waals surface area contributed by atoms with Crippen LogP contribution in [-0.2, 0) is 52.1 Å². The minimum Gasteiger partial charge on any atom is -0.550 e. The van der Waals surface area contributed by atoms with Crippen molar-refractivity contribution in [3.8, 4) is 11.5 Å². The molecule has 0 bridgehead atoms. The summed E-state index contributed by atoms with van der Waals surface area (Å²) in [5.41, 5.74) is 7.20. The molecule has 3 aromatic carbocycles. The molecule has 0 fully saturated rings. The van der Waals surface area contributed by atoms with Gasteiger partial charge in [0.05, 0.1) is 11.4 Å². The molecule has 0 aliphatic carbocycles. The van der Waals surface area contributed by atoms with Gasteiger partial charge < -0.3 is 30.0 Å². The Labute approximate surface area is 290 Å².